The topological polar surface area (TPSA) is 0 Å². The highest BCUT2D eigenvalue weighted by Crippen LogP contribution is 2.30. The summed E-state index contributed by atoms with van der Waals surface area (Å²) in [5.41, 5.74) is 1.56. The highest BCUT2D eigenvalue weighted by atomic mass is 79.9. The van der Waals surface area contributed by atoms with Gasteiger partial charge < -0.3 is 0 Å². The SMILES string of the molecule is BrC(Br)=C1CCCCC1. The lowest BCUT2D eigenvalue weighted by atomic mass is 9.97. The fraction of sp³-hybridized carbons (Fsp3) is 0.714. The summed E-state index contributed by atoms with van der Waals surface area (Å²) in [6.45, 7) is 0. The minimum Gasteiger partial charge on any atom is -0.0527 e. The molecule has 0 aliphatic heterocycles. The number of hydrogen-bond acceptors (Lipinski definition) is 0. The molecule has 0 aromatic heterocycles. The Kier molecular flexibility index (Phi) is 3.27. The molecule has 0 atom stereocenters. The van der Waals surface area contributed by atoms with Crippen molar-refractivity contribution >= 4 is 31.9 Å². The summed E-state index contributed by atoms with van der Waals surface area (Å²) >= 11 is 6.86. The summed E-state index contributed by atoms with van der Waals surface area (Å²) < 4.78 is 1.19. The molecular weight excluding hydrogens is 244 g/mol. The van der Waals surface area contributed by atoms with Crippen LogP contribution in [0.2, 0.25) is 0 Å². The Labute approximate surface area is 73.0 Å². The largest absolute Gasteiger partial charge is 0.0596 e. The summed E-state index contributed by atoms with van der Waals surface area (Å²) in [4.78, 5) is 0. The quantitative estimate of drug-likeness (QED) is 0.613. The van der Waals surface area contributed by atoms with Gasteiger partial charge in [0.25, 0.3) is 0 Å². The molecule has 1 aliphatic rings. The minimum atomic E-state index is 1.19. The van der Waals surface area contributed by atoms with Crippen LogP contribution in [0.5, 0.6) is 0 Å². The molecule has 9 heavy (non-hydrogen) atoms. The average molecular weight is 254 g/mol. The molecular formula is C7H10Br2. The van der Waals surface area contributed by atoms with Crippen molar-refractivity contribution in [3.8, 4) is 0 Å². The highest BCUT2D eigenvalue weighted by Gasteiger charge is 2.06. The van der Waals surface area contributed by atoms with E-state index in [0.29, 0.717) is 0 Å². The first-order valence-electron chi connectivity index (χ1n) is 3.34. The predicted octanol–water partition coefficient (Wildman–Crippen LogP) is 3.95. The Morgan fingerprint density at radius 2 is 1.56 bits per heavy atom. The molecule has 1 rings (SSSR count). The van der Waals surface area contributed by atoms with Gasteiger partial charge in [0.1, 0.15) is 0 Å². The van der Waals surface area contributed by atoms with Gasteiger partial charge >= 0.3 is 0 Å². The van der Waals surface area contributed by atoms with Crippen LogP contribution >= 0.6 is 31.9 Å². The van der Waals surface area contributed by atoms with E-state index >= 15 is 0 Å². The van der Waals surface area contributed by atoms with Gasteiger partial charge in [-0.15, -0.1) is 0 Å². The highest BCUT2D eigenvalue weighted by molar-refractivity contribution is 9.28. The van der Waals surface area contributed by atoms with Crippen LogP contribution in [0, 0.1) is 0 Å². The maximum Gasteiger partial charge on any atom is 0.0596 e. The standard InChI is InChI=1S/C7H10Br2/c8-7(9)6-4-2-1-3-5-6/h1-5H2. The number of hydrogen-bond donors (Lipinski definition) is 0. The van der Waals surface area contributed by atoms with Crippen LogP contribution in [-0.2, 0) is 0 Å². The summed E-state index contributed by atoms with van der Waals surface area (Å²) in [7, 11) is 0. The molecule has 0 nitrogen and oxygen atoms in total. The van der Waals surface area contributed by atoms with Crippen molar-refractivity contribution in [3.63, 3.8) is 0 Å². The van der Waals surface area contributed by atoms with E-state index in [2.05, 4.69) is 31.9 Å². The molecule has 1 fully saturated rings. The first-order chi connectivity index (χ1) is 4.30. The Balaban J connectivity index is 2.49. The normalized spacial score (nSPS) is 20.0. The third-order valence-corrected chi connectivity index (χ3v) is 2.85. The second kappa shape index (κ2) is 3.77. The lowest BCUT2D eigenvalue weighted by Gasteiger charge is -2.13. The van der Waals surface area contributed by atoms with Gasteiger partial charge in [0, 0.05) is 0 Å². The van der Waals surface area contributed by atoms with Gasteiger partial charge in [-0.25, -0.2) is 0 Å². The molecule has 0 spiro atoms. The van der Waals surface area contributed by atoms with E-state index in [4.69, 9.17) is 0 Å². The maximum absolute atomic E-state index is 3.43. The third-order valence-electron chi connectivity index (χ3n) is 1.72. The van der Waals surface area contributed by atoms with E-state index in [-0.39, 0.29) is 0 Å². The molecule has 0 N–H and O–H groups in total. The first kappa shape index (κ1) is 7.80. The molecule has 1 aliphatic carbocycles. The van der Waals surface area contributed by atoms with Crippen LogP contribution in [0.25, 0.3) is 0 Å². The van der Waals surface area contributed by atoms with Gasteiger partial charge in [-0.3, -0.25) is 0 Å². The van der Waals surface area contributed by atoms with Crippen LogP contribution < -0.4 is 0 Å². The maximum atomic E-state index is 3.43. The van der Waals surface area contributed by atoms with Gasteiger partial charge in [0.05, 0.1) is 3.39 Å². The molecule has 1 saturated carbocycles. The zero-order valence-electron chi connectivity index (χ0n) is 5.29. The van der Waals surface area contributed by atoms with Gasteiger partial charge in [-0.2, -0.15) is 0 Å². The molecule has 0 aromatic carbocycles. The van der Waals surface area contributed by atoms with Crippen molar-refractivity contribution in [2.45, 2.75) is 32.1 Å². The lowest BCUT2D eigenvalue weighted by molar-refractivity contribution is 0.600. The summed E-state index contributed by atoms with van der Waals surface area (Å²) in [6, 6.07) is 0. The van der Waals surface area contributed by atoms with Crippen LogP contribution in [0.15, 0.2) is 8.96 Å². The number of halogens is 2. The zero-order valence-corrected chi connectivity index (χ0v) is 8.46. The van der Waals surface area contributed by atoms with Crippen molar-refractivity contribution in [1.82, 2.24) is 0 Å². The van der Waals surface area contributed by atoms with E-state index in [1.807, 2.05) is 0 Å². The fourth-order valence-corrected chi connectivity index (χ4v) is 1.96. The molecule has 52 valence electrons. The van der Waals surface area contributed by atoms with E-state index in [1.54, 1.807) is 5.57 Å². The van der Waals surface area contributed by atoms with Crippen molar-refractivity contribution < 1.29 is 0 Å². The van der Waals surface area contributed by atoms with Crippen LogP contribution in [0.3, 0.4) is 0 Å². The molecule has 0 aromatic rings. The van der Waals surface area contributed by atoms with Crippen LogP contribution in [-0.4, -0.2) is 0 Å². The molecule has 0 amide bonds. The van der Waals surface area contributed by atoms with E-state index in [9.17, 15) is 0 Å². The smallest absolute Gasteiger partial charge is 0.0527 e. The van der Waals surface area contributed by atoms with Gasteiger partial charge in [0.15, 0.2) is 0 Å². The van der Waals surface area contributed by atoms with Crippen LogP contribution in [0.1, 0.15) is 32.1 Å². The van der Waals surface area contributed by atoms with E-state index in [1.165, 1.54) is 35.5 Å². The zero-order chi connectivity index (χ0) is 6.69. The summed E-state index contributed by atoms with van der Waals surface area (Å²) in [5.74, 6) is 0. The Bertz CT molecular complexity index is 115. The molecule has 0 unspecified atom stereocenters. The average Bonchev–Trinajstić information content (AvgIpc) is 1.90. The van der Waals surface area contributed by atoms with Crippen molar-refractivity contribution in [2.24, 2.45) is 0 Å². The molecule has 0 radical (unpaired) electrons. The Morgan fingerprint density at radius 3 is 1.89 bits per heavy atom. The van der Waals surface area contributed by atoms with E-state index < -0.39 is 0 Å². The van der Waals surface area contributed by atoms with E-state index in [0.717, 1.165) is 0 Å². The third kappa shape index (κ3) is 2.42. The van der Waals surface area contributed by atoms with Gasteiger partial charge in [0.2, 0.25) is 0 Å². The Morgan fingerprint density at radius 1 is 1.00 bits per heavy atom. The second-order valence-corrected chi connectivity index (χ2v) is 5.07. The summed E-state index contributed by atoms with van der Waals surface area (Å²) in [5, 5.41) is 0. The monoisotopic (exact) mass is 252 g/mol. The van der Waals surface area contributed by atoms with Crippen LogP contribution in [0.4, 0.5) is 0 Å². The van der Waals surface area contributed by atoms with Crippen molar-refractivity contribution in [3.05, 3.63) is 8.96 Å². The number of allylic oxidation sites excluding steroid dienone is 1. The summed E-state index contributed by atoms with van der Waals surface area (Å²) in [6.07, 6.45) is 6.72. The van der Waals surface area contributed by atoms with Gasteiger partial charge in [-0.05, 0) is 63.1 Å². The van der Waals surface area contributed by atoms with Crippen molar-refractivity contribution in [1.29, 1.82) is 0 Å². The number of rotatable bonds is 0. The van der Waals surface area contributed by atoms with Gasteiger partial charge in [-0.1, -0.05) is 6.42 Å². The fourth-order valence-electron chi connectivity index (χ4n) is 1.17. The van der Waals surface area contributed by atoms with Crippen molar-refractivity contribution in [2.75, 3.05) is 0 Å². The predicted molar refractivity (Wildman–Crippen MR) is 48.0 cm³/mol. The molecule has 0 bridgehead atoms. The molecule has 0 heterocycles. The Hall–Kier alpha value is 0.700. The minimum absolute atomic E-state index is 1.19. The molecule has 0 saturated heterocycles. The lowest BCUT2D eigenvalue weighted by Crippen LogP contribution is -1.93. The second-order valence-electron chi connectivity index (χ2n) is 2.42. The molecule has 2 heteroatoms. The first-order valence-corrected chi connectivity index (χ1v) is 4.92.